The van der Waals surface area contributed by atoms with Gasteiger partial charge in [0, 0.05) is 21.9 Å². The lowest BCUT2D eigenvalue weighted by atomic mass is 9.94. The maximum absolute atomic E-state index is 6.86. The molecule has 0 atom stereocenters. The Morgan fingerprint density at radius 2 is 0.736 bits per heavy atom. The third-order valence-electron chi connectivity index (χ3n) is 9.95. The monoisotopic (exact) mass is 677 g/mol. The van der Waals surface area contributed by atoms with Gasteiger partial charge >= 0.3 is 0 Å². The van der Waals surface area contributed by atoms with Gasteiger partial charge in [0.1, 0.15) is 11.2 Å². The zero-order chi connectivity index (χ0) is 35.1. The van der Waals surface area contributed by atoms with E-state index in [9.17, 15) is 0 Å². The second-order valence-electron chi connectivity index (χ2n) is 13.2. The number of hydrogen-bond donors (Lipinski definition) is 0. The van der Waals surface area contributed by atoms with Crippen LogP contribution in [0.25, 0.3) is 100 Å². The van der Waals surface area contributed by atoms with E-state index in [1.807, 2.05) is 42.5 Å². The highest BCUT2D eigenvalue weighted by atomic mass is 16.3. The summed E-state index contributed by atoms with van der Waals surface area (Å²) in [5.74, 6) is 1.76. The van der Waals surface area contributed by atoms with E-state index in [1.54, 1.807) is 0 Å². The third-order valence-corrected chi connectivity index (χ3v) is 9.95. The SMILES string of the molecule is c1ccc(-c2ccc(-c3nc(-c4ccccc4)nc(-c4ccc(-c5ccc(-c6ccccc6)cc5)c5c4oc4cc6ccccc6cc45)n3)cc2)cc1. The lowest BCUT2D eigenvalue weighted by molar-refractivity contribution is 0.670. The molecule has 0 amide bonds. The van der Waals surface area contributed by atoms with Gasteiger partial charge in [-0.25, -0.2) is 15.0 Å². The van der Waals surface area contributed by atoms with Crippen molar-refractivity contribution in [3.05, 3.63) is 188 Å². The molecule has 248 valence electrons. The number of hydrogen-bond acceptors (Lipinski definition) is 4. The molecule has 0 bridgehead atoms. The summed E-state index contributed by atoms with van der Waals surface area (Å²) in [7, 11) is 0. The van der Waals surface area contributed by atoms with E-state index in [0.29, 0.717) is 17.5 Å². The second kappa shape index (κ2) is 12.9. The summed E-state index contributed by atoms with van der Waals surface area (Å²) in [6.07, 6.45) is 0. The van der Waals surface area contributed by atoms with E-state index >= 15 is 0 Å². The fourth-order valence-corrected chi connectivity index (χ4v) is 7.24. The Hall–Kier alpha value is -7.17. The lowest BCUT2D eigenvalue weighted by Crippen LogP contribution is -2.00. The molecule has 0 N–H and O–H groups in total. The fourth-order valence-electron chi connectivity index (χ4n) is 7.24. The maximum atomic E-state index is 6.86. The van der Waals surface area contributed by atoms with Crippen molar-refractivity contribution in [1.82, 2.24) is 15.0 Å². The van der Waals surface area contributed by atoms with E-state index in [0.717, 1.165) is 71.7 Å². The highest BCUT2D eigenvalue weighted by Gasteiger charge is 2.21. The quantitative estimate of drug-likeness (QED) is 0.176. The van der Waals surface area contributed by atoms with Crippen molar-refractivity contribution < 1.29 is 4.42 Å². The van der Waals surface area contributed by atoms with Crippen LogP contribution in [-0.4, -0.2) is 15.0 Å². The van der Waals surface area contributed by atoms with Crippen molar-refractivity contribution in [2.24, 2.45) is 0 Å². The summed E-state index contributed by atoms with van der Waals surface area (Å²) in [6, 6.07) is 65.2. The van der Waals surface area contributed by atoms with Gasteiger partial charge < -0.3 is 4.42 Å². The normalized spacial score (nSPS) is 11.4. The summed E-state index contributed by atoms with van der Waals surface area (Å²) in [5.41, 5.74) is 11.1. The summed E-state index contributed by atoms with van der Waals surface area (Å²) in [5, 5.41) is 4.37. The summed E-state index contributed by atoms with van der Waals surface area (Å²) >= 11 is 0. The summed E-state index contributed by atoms with van der Waals surface area (Å²) in [4.78, 5) is 15.3. The predicted molar refractivity (Wildman–Crippen MR) is 217 cm³/mol. The Morgan fingerprint density at radius 3 is 1.32 bits per heavy atom. The average Bonchev–Trinajstić information content (AvgIpc) is 3.61. The number of furan rings is 1. The van der Waals surface area contributed by atoms with Crippen molar-refractivity contribution in [3.8, 4) is 67.5 Å². The summed E-state index contributed by atoms with van der Waals surface area (Å²) < 4.78 is 6.86. The van der Waals surface area contributed by atoms with Crippen molar-refractivity contribution in [2.45, 2.75) is 0 Å². The number of benzene rings is 8. The van der Waals surface area contributed by atoms with Crippen LogP contribution in [0.2, 0.25) is 0 Å². The third kappa shape index (κ3) is 5.63. The van der Waals surface area contributed by atoms with E-state index in [-0.39, 0.29) is 0 Å². The zero-order valence-corrected chi connectivity index (χ0v) is 28.6. The van der Waals surface area contributed by atoms with Gasteiger partial charge in [-0.15, -0.1) is 0 Å². The average molecular weight is 678 g/mol. The molecule has 0 fully saturated rings. The van der Waals surface area contributed by atoms with Crippen molar-refractivity contribution in [2.75, 3.05) is 0 Å². The maximum Gasteiger partial charge on any atom is 0.167 e. The highest BCUT2D eigenvalue weighted by molar-refractivity contribution is 6.18. The van der Waals surface area contributed by atoms with Crippen molar-refractivity contribution >= 4 is 32.7 Å². The van der Waals surface area contributed by atoms with Crippen LogP contribution in [0, 0.1) is 0 Å². The van der Waals surface area contributed by atoms with E-state index < -0.39 is 0 Å². The smallest absolute Gasteiger partial charge is 0.167 e. The van der Waals surface area contributed by atoms with Crippen molar-refractivity contribution in [3.63, 3.8) is 0 Å². The second-order valence-corrected chi connectivity index (χ2v) is 13.2. The largest absolute Gasteiger partial charge is 0.455 e. The molecule has 2 aromatic heterocycles. The Balaban J connectivity index is 1.18. The van der Waals surface area contributed by atoms with Gasteiger partial charge in [0.25, 0.3) is 0 Å². The molecule has 53 heavy (non-hydrogen) atoms. The Labute approximate surface area is 306 Å². The molecule has 0 aliphatic heterocycles. The number of nitrogens with zero attached hydrogens (tertiary/aromatic N) is 3. The molecular formula is C49H31N3O. The first-order valence-corrected chi connectivity index (χ1v) is 17.8. The van der Waals surface area contributed by atoms with Gasteiger partial charge in [0.2, 0.25) is 0 Å². The van der Waals surface area contributed by atoms with Crippen LogP contribution in [-0.2, 0) is 0 Å². The Kier molecular flexibility index (Phi) is 7.43. The van der Waals surface area contributed by atoms with Crippen LogP contribution in [0.1, 0.15) is 0 Å². The first kappa shape index (κ1) is 30.6. The van der Waals surface area contributed by atoms with Crippen LogP contribution in [0.15, 0.2) is 192 Å². The molecule has 2 heterocycles. The zero-order valence-electron chi connectivity index (χ0n) is 28.6. The van der Waals surface area contributed by atoms with Crippen LogP contribution in [0.5, 0.6) is 0 Å². The molecule has 0 spiro atoms. The molecule has 0 aliphatic carbocycles. The molecule has 0 saturated carbocycles. The molecule has 0 aliphatic rings. The van der Waals surface area contributed by atoms with Gasteiger partial charge in [-0.05, 0) is 62.4 Å². The van der Waals surface area contributed by atoms with E-state index in [2.05, 4.69) is 146 Å². The number of rotatable bonds is 6. The molecule has 4 nitrogen and oxygen atoms in total. The van der Waals surface area contributed by atoms with Crippen molar-refractivity contribution in [1.29, 1.82) is 0 Å². The minimum atomic E-state index is 0.556. The first-order valence-electron chi connectivity index (χ1n) is 17.8. The van der Waals surface area contributed by atoms with Crippen LogP contribution in [0.3, 0.4) is 0 Å². The van der Waals surface area contributed by atoms with Gasteiger partial charge in [-0.3, -0.25) is 0 Å². The Morgan fingerprint density at radius 1 is 0.321 bits per heavy atom. The molecule has 10 aromatic rings. The minimum Gasteiger partial charge on any atom is -0.455 e. The fraction of sp³-hybridized carbons (Fsp3) is 0. The molecule has 0 radical (unpaired) electrons. The van der Waals surface area contributed by atoms with Gasteiger partial charge in [-0.2, -0.15) is 0 Å². The first-order chi connectivity index (χ1) is 26.2. The van der Waals surface area contributed by atoms with Gasteiger partial charge in [-0.1, -0.05) is 170 Å². The van der Waals surface area contributed by atoms with Crippen LogP contribution >= 0.6 is 0 Å². The minimum absolute atomic E-state index is 0.556. The Bertz CT molecular complexity index is 2900. The molecule has 4 heteroatoms. The van der Waals surface area contributed by atoms with Gasteiger partial charge in [0.05, 0.1) is 5.56 Å². The van der Waals surface area contributed by atoms with E-state index in [1.165, 1.54) is 11.1 Å². The van der Waals surface area contributed by atoms with E-state index in [4.69, 9.17) is 19.4 Å². The molecular weight excluding hydrogens is 647 g/mol. The molecule has 10 rings (SSSR count). The molecule has 0 saturated heterocycles. The highest BCUT2D eigenvalue weighted by Crippen LogP contribution is 2.43. The number of aromatic nitrogens is 3. The predicted octanol–water partition coefficient (Wildman–Crippen LogP) is 12.9. The van der Waals surface area contributed by atoms with Gasteiger partial charge in [0.15, 0.2) is 17.5 Å². The topological polar surface area (TPSA) is 51.8 Å². The summed E-state index contributed by atoms with van der Waals surface area (Å²) in [6.45, 7) is 0. The molecule has 8 aromatic carbocycles. The number of fused-ring (bicyclic) bond motifs is 4. The van der Waals surface area contributed by atoms with Crippen LogP contribution in [0.4, 0.5) is 0 Å². The van der Waals surface area contributed by atoms with Crippen LogP contribution < -0.4 is 0 Å². The lowest BCUT2D eigenvalue weighted by Gasteiger charge is -2.11. The standard InChI is InChI=1S/C49H31N3O/c1-4-12-32(13-5-1)34-20-24-36(25-21-34)41-28-29-42(46-45(41)43-30-39-18-10-11-19-40(39)31-44(43)53-46)49-51-47(37-16-8-3-9-17-37)50-48(52-49)38-26-22-35(23-27-38)33-14-6-2-7-15-33/h1-31H. The molecule has 0 unspecified atom stereocenters.